The van der Waals surface area contributed by atoms with E-state index in [1.54, 1.807) is 17.5 Å². The number of ether oxygens (including phenoxy) is 1. The molecule has 3 rings (SSSR count). The van der Waals surface area contributed by atoms with Crippen LogP contribution in [0.4, 0.5) is 4.39 Å². The third kappa shape index (κ3) is 2.08. The van der Waals surface area contributed by atoms with Crippen molar-refractivity contribution in [2.45, 2.75) is 5.41 Å². The first-order chi connectivity index (χ1) is 9.14. The fraction of sp³-hybridized carbons (Fsp3) is 0.231. The van der Waals surface area contributed by atoms with Gasteiger partial charge in [-0.15, -0.1) is 11.3 Å². The second kappa shape index (κ2) is 4.67. The highest BCUT2D eigenvalue weighted by Gasteiger charge is 2.43. The van der Waals surface area contributed by atoms with E-state index in [2.05, 4.69) is 27.0 Å². The SMILES string of the molecule is N#CC1(c2nc(-c3cc(Br)ccc3F)cs2)COC1. The predicted octanol–water partition coefficient (Wildman–Crippen LogP) is 3.50. The molecule has 1 saturated heterocycles. The van der Waals surface area contributed by atoms with Crippen molar-refractivity contribution in [2.75, 3.05) is 13.2 Å². The summed E-state index contributed by atoms with van der Waals surface area (Å²) in [6.45, 7) is 0.717. The number of hydrogen-bond acceptors (Lipinski definition) is 4. The summed E-state index contributed by atoms with van der Waals surface area (Å²) in [7, 11) is 0. The van der Waals surface area contributed by atoms with E-state index in [-0.39, 0.29) is 5.82 Å². The molecule has 0 amide bonds. The highest BCUT2D eigenvalue weighted by molar-refractivity contribution is 9.10. The molecule has 6 heteroatoms. The minimum Gasteiger partial charge on any atom is -0.377 e. The standard InChI is InChI=1S/C13H8BrFN2OS/c14-8-1-2-10(15)9(3-8)11-4-19-12(17-11)13(5-16)6-18-7-13/h1-4H,6-7H2. The normalized spacial score (nSPS) is 16.7. The Morgan fingerprint density at radius 2 is 2.26 bits per heavy atom. The maximum Gasteiger partial charge on any atom is 0.155 e. The maximum absolute atomic E-state index is 13.8. The molecule has 1 aliphatic heterocycles. The zero-order valence-electron chi connectivity index (χ0n) is 9.69. The van der Waals surface area contributed by atoms with E-state index in [0.29, 0.717) is 29.5 Å². The van der Waals surface area contributed by atoms with Gasteiger partial charge in [0.25, 0.3) is 0 Å². The van der Waals surface area contributed by atoms with Crippen LogP contribution in [0.2, 0.25) is 0 Å². The number of aromatic nitrogens is 1. The van der Waals surface area contributed by atoms with E-state index in [0.717, 1.165) is 4.47 Å². The van der Waals surface area contributed by atoms with Gasteiger partial charge in [0, 0.05) is 15.4 Å². The first-order valence-electron chi connectivity index (χ1n) is 5.55. The van der Waals surface area contributed by atoms with E-state index in [1.807, 2.05) is 0 Å². The van der Waals surface area contributed by atoms with Gasteiger partial charge in [-0.3, -0.25) is 0 Å². The molecule has 0 spiro atoms. The van der Waals surface area contributed by atoms with Gasteiger partial charge in [-0.25, -0.2) is 9.37 Å². The molecule has 19 heavy (non-hydrogen) atoms. The molecule has 1 aliphatic rings. The number of hydrogen-bond donors (Lipinski definition) is 0. The first-order valence-corrected chi connectivity index (χ1v) is 7.22. The molecule has 0 unspecified atom stereocenters. The van der Waals surface area contributed by atoms with Crippen LogP contribution in [0.15, 0.2) is 28.1 Å². The van der Waals surface area contributed by atoms with E-state index in [4.69, 9.17) is 4.74 Å². The molecule has 2 aromatic rings. The number of benzene rings is 1. The summed E-state index contributed by atoms with van der Waals surface area (Å²) in [5.41, 5.74) is 0.344. The summed E-state index contributed by atoms with van der Waals surface area (Å²) in [5, 5.41) is 11.7. The zero-order chi connectivity index (χ0) is 13.5. The highest BCUT2D eigenvalue weighted by Crippen LogP contribution is 2.36. The zero-order valence-corrected chi connectivity index (χ0v) is 12.1. The molecule has 0 atom stereocenters. The molecule has 0 N–H and O–H groups in total. The van der Waals surface area contributed by atoms with Gasteiger partial charge in [-0.1, -0.05) is 15.9 Å². The highest BCUT2D eigenvalue weighted by atomic mass is 79.9. The lowest BCUT2D eigenvalue weighted by atomic mass is 9.89. The van der Waals surface area contributed by atoms with Gasteiger partial charge in [0.15, 0.2) is 5.41 Å². The molecule has 2 heterocycles. The number of nitrogens with zero attached hydrogens (tertiary/aromatic N) is 2. The molecular weight excluding hydrogens is 331 g/mol. The van der Waals surface area contributed by atoms with Crippen molar-refractivity contribution >= 4 is 27.3 Å². The van der Waals surface area contributed by atoms with Crippen LogP contribution in [-0.2, 0) is 10.2 Å². The lowest BCUT2D eigenvalue weighted by molar-refractivity contribution is -0.0298. The third-order valence-corrected chi connectivity index (χ3v) is 4.57. The Morgan fingerprint density at radius 3 is 2.89 bits per heavy atom. The number of nitriles is 1. The van der Waals surface area contributed by atoms with Crippen molar-refractivity contribution < 1.29 is 9.13 Å². The van der Waals surface area contributed by atoms with Gasteiger partial charge in [-0.2, -0.15) is 5.26 Å². The molecular formula is C13H8BrFN2OS. The lowest BCUT2D eigenvalue weighted by Gasteiger charge is -2.32. The monoisotopic (exact) mass is 338 g/mol. The summed E-state index contributed by atoms with van der Waals surface area (Å²) in [6.07, 6.45) is 0. The van der Waals surface area contributed by atoms with E-state index in [1.165, 1.54) is 17.4 Å². The molecule has 1 aromatic heterocycles. The van der Waals surface area contributed by atoms with Crippen molar-refractivity contribution in [3.63, 3.8) is 0 Å². The second-order valence-electron chi connectivity index (χ2n) is 4.35. The summed E-state index contributed by atoms with van der Waals surface area (Å²) in [6, 6.07) is 6.96. The minimum atomic E-state index is -0.647. The number of thiazole rings is 1. The third-order valence-electron chi connectivity index (χ3n) is 3.03. The van der Waals surface area contributed by atoms with Crippen LogP contribution in [-0.4, -0.2) is 18.2 Å². The van der Waals surface area contributed by atoms with Crippen molar-refractivity contribution in [3.8, 4) is 17.3 Å². The van der Waals surface area contributed by atoms with Crippen LogP contribution in [0.5, 0.6) is 0 Å². The smallest absolute Gasteiger partial charge is 0.155 e. The summed E-state index contributed by atoms with van der Waals surface area (Å²) in [4.78, 5) is 4.40. The van der Waals surface area contributed by atoms with Crippen molar-refractivity contribution in [1.82, 2.24) is 4.98 Å². The van der Waals surface area contributed by atoms with Crippen LogP contribution in [0.25, 0.3) is 11.3 Å². The topological polar surface area (TPSA) is 45.9 Å². The summed E-state index contributed by atoms with van der Waals surface area (Å²) < 4.78 is 19.7. The maximum atomic E-state index is 13.8. The lowest BCUT2D eigenvalue weighted by Crippen LogP contribution is -2.45. The molecule has 3 nitrogen and oxygen atoms in total. The largest absolute Gasteiger partial charge is 0.377 e. The average molecular weight is 339 g/mol. The molecule has 96 valence electrons. The van der Waals surface area contributed by atoms with Crippen LogP contribution in [0.3, 0.4) is 0 Å². The Kier molecular flexibility index (Phi) is 3.13. The molecule has 0 aliphatic carbocycles. The Morgan fingerprint density at radius 1 is 1.47 bits per heavy atom. The molecule has 0 radical (unpaired) electrons. The van der Waals surface area contributed by atoms with Gasteiger partial charge in [0.05, 0.1) is 25.0 Å². The fourth-order valence-corrected chi connectivity index (χ4v) is 3.16. The Bertz CT molecular complexity index is 676. The molecule has 1 fully saturated rings. The fourth-order valence-electron chi connectivity index (χ4n) is 1.85. The first kappa shape index (κ1) is 12.7. The molecule has 0 saturated carbocycles. The summed E-state index contributed by atoms with van der Waals surface area (Å²) in [5.74, 6) is -0.323. The van der Waals surface area contributed by atoms with E-state index in [9.17, 15) is 9.65 Å². The van der Waals surface area contributed by atoms with Crippen molar-refractivity contribution in [3.05, 3.63) is 38.9 Å². The number of rotatable bonds is 2. The second-order valence-corrected chi connectivity index (χ2v) is 6.12. The molecule has 0 bridgehead atoms. The quantitative estimate of drug-likeness (QED) is 0.841. The van der Waals surface area contributed by atoms with Gasteiger partial charge < -0.3 is 4.74 Å². The van der Waals surface area contributed by atoms with E-state index >= 15 is 0 Å². The van der Waals surface area contributed by atoms with Crippen LogP contribution < -0.4 is 0 Å². The van der Waals surface area contributed by atoms with Gasteiger partial charge >= 0.3 is 0 Å². The number of halogens is 2. The van der Waals surface area contributed by atoms with Crippen LogP contribution in [0.1, 0.15) is 5.01 Å². The summed E-state index contributed by atoms with van der Waals surface area (Å²) >= 11 is 4.69. The predicted molar refractivity (Wildman–Crippen MR) is 73.3 cm³/mol. The average Bonchev–Trinajstić information content (AvgIpc) is 2.81. The minimum absolute atomic E-state index is 0.323. The Hall–Kier alpha value is -1.29. The molecule has 1 aromatic carbocycles. The van der Waals surface area contributed by atoms with E-state index < -0.39 is 5.41 Å². The Balaban J connectivity index is 2.02. The van der Waals surface area contributed by atoms with Crippen LogP contribution in [0, 0.1) is 17.1 Å². The van der Waals surface area contributed by atoms with Gasteiger partial charge in [0.1, 0.15) is 10.8 Å². The van der Waals surface area contributed by atoms with Gasteiger partial charge in [-0.05, 0) is 18.2 Å². The van der Waals surface area contributed by atoms with Gasteiger partial charge in [0.2, 0.25) is 0 Å². The van der Waals surface area contributed by atoms with Crippen molar-refractivity contribution in [2.24, 2.45) is 0 Å². The van der Waals surface area contributed by atoms with Crippen molar-refractivity contribution in [1.29, 1.82) is 5.26 Å². The van der Waals surface area contributed by atoms with Crippen LogP contribution >= 0.6 is 27.3 Å². The Labute approximate surface area is 121 Å².